The zero-order valence-electron chi connectivity index (χ0n) is 14.1. The van der Waals surface area contributed by atoms with E-state index >= 15 is 0 Å². The van der Waals surface area contributed by atoms with E-state index in [2.05, 4.69) is 5.32 Å². The summed E-state index contributed by atoms with van der Waals surface area (Å²) in [7, 11) is 0. The van der Waals surface area contributed by atoms with E-state index < -0.39 is 23.4 Å². The molecule has 136 valence electrons. The van der Waals surface area contributed by atoms with Crippen molar-refractivity contribution in [2.75, 3.05) is 18.9 Å². The molecule has 0 saturated heterocycles. The summed E-state index contributed by atoms with van der Waals surface area (Å²) in [6.45, 7) is 1.47. The Morgan fingerprint density at radius 1 is 1.15 bits per heavy atom. The first kappa shape index (κ1) is 19.5. The van der Waals surface area contributed by atoms with E-state index in [0.717, 1.165) is 4.90 Å². The van der Waals surface area contributed by atoms with E-state index in [9.17, 15) is 19.7 Å². The van der Waals surface area contributed by atoms with Crippen molar-refractivity contribution < 1.29 is 19.2 Å². The van der Waals surface area contributed by atoms with Gasteiger partial charge in [0, 0.05) is 28.8 Å². The van der Waals surface area contributed by atoms with Gasteiger partial charge in [-0.2, -0.15) is 0 Å². The zero-order chi connectivity index (χ0) is 18.9. The number of nitro benzene ring substituents is 1. The van der Waals surface area contributed by atoms with Gasteiger partial charge in [-0.25, -0.2) is 4.79 Å². The predicted octanol–water partition coefficient (Wildman–Crippen LogP) is 2.97. The molecule has 26 heavy (non-hydrogen) atoms. The highest BCUT2D eigenvalue weighted by atomic mass is 32.2. The molecule has 2 rings (SSSR count). The van der Waals surface area contributed by atoms with Gasteiger partial charge in [0.05, 0.1) is 10.5 Å². The molecule has 0 aromatic heterocycles. The van der Waals surface area contributed by atoms with Gasteiger partial charge in [-0.05, 0) is 25.1 Å². The van der Waals surface area contributed by atoms with Crippen LogP contribution in [0.3, 0.4) is 0 Å². The summed E-state index contributed by atoms with van der Waals surface area (Å²) < 4.78 is 4.94. The van der Waals surface area contributed by atoms with Gasteiger partial charge in [-0.15, -0.1) is 11.8 Å². The Hall–Kier alpha value is -2.87. The molecule has 0 atom stereocenters. The first-order chi connectivity index (χ1) is 12.5. The third kappa shape index (κ3) is 5.59. The van der Waals surface area contributed by atoms with Crippen LogP contribution in [0.25, 0.3) is 0 Å². The van der Waals surface area contributed by atoms with Crippen LogP contribution in [0.2, 0.25) is 0 Å². The molecule has 0 radical (unpaired) electrons. The van der Waals surface area contributed by atoms with Crippen molar-refractivity contribution in [3.63, 3.8) is 0 Å². The van der Waals surface area contributed by atoms with Gasteiger partial charge in [0.15, 0.2) is 6.61 Å². The summed E-state index contributed by atoms with van der Waals surface area (Å²) in [5, 5.41) is 13.6. The molecule has 1 N–H and O–H groups in total. The highest BCUT2D eigenvalue weighted by Gasteiger charge is 2.19. The molecule has 0 saturated carbocycles. The number of rotatable bonds is 8. The Balaban J connectivity index is 1.76. The monoisotopic (exact) mass is 374 g/mol. The van der Waals surface area contributed by atoms with Crippen molar-refractivity contribution in [1.82, 2.24) is 5.32 Å². The molecular weight excluding hydrogens is 356 g/mol. The van der Waals surface area contributed by atoms with Gasteiger partial charge in [0.1, 0.15) is 0 Å². The van der Waals surface area contributed by atoms with E-state index in [1.54, 1.807) is 11.8 Å². The number of carbonyl (C=O) groups excluding carboxylic acids is 2. The highest BCUT2D eigenvalue weighted by Crippen LogP contribution is 2.21. The number of ether oxygens (including phenoxy) is 1. The molecule has 1 amide bonds. The number of hydrogen-bond donors (Lipinski definition) is 1. The number of nitrogens with zero attached hydrogens (tertiary/aromatic N) is 1. The normalized spacial score (nSPS) is 10.2. The fraction of sp³-hybridized carbons (Fsp3) is 0.222. The number of nitro groups is 1. The van der Waals surface area contributed by atoms with Crippen LogP contribution < -0.4 is 5.32 Å². The maximum absolute atomic E-state index is 12.0. The third-order valence-corrected chi connectivity index (χ3v) is 4.51. The second-order valence-corrected chi connectivity index (χ2v) is 6.46. The molecule has 0 fully saturated rings. The molecule has 0 heterocycles. The van der Waals surface area contributed by atoms with Crippen molar-refractivity contribution in [3.05, 3.63) is 69.8 Å². The van der Waals surface area contributed by atoms with Crippen LogP contribution in [0, 0.1) is 17.0 Å². The van der Waals surface area contributed by atoms with Crippen LogP contribution in [-0.4, -0.2) is 35.7 Å². The van der Waals surface area contributed by atoms with Crippen LogP contribution in [-0.2, 0) is 9.53 Å². The standard InChI is InChI=1S/C18H18N2O5S/c1-13-15(8-5-9-16(13)20(23)24)18(22)25-12-17(21)19-10-11-26-14-6-3-2-4-7-14/h2-9H,10-12H2,1H3,(H,19,21). The molecule has 0 aliphatic rings. The maximum Gasteiger partial charge on any atom is 0.339 e. The van der Waals surface area contributed by atoms with Crippen LogP contribution in [0.4, 0.5) is 5.69 Å². The molecule has 2 aromatic carbocycles. The van der Waals surface area contributed by atoms with Gasteiger partial charge in [-0.1, -0.05) is 24.3 Å². The van der Waals surface area contributed by atoms with Crippen molar-refractivity contribution in [1.29, 1.82) is 0 Å². The molecule has 7 nitrogen and oxygen atoms in total. The number of esters is 1. The molecule has 0 aliphatic carbocycles. The summed E-state index contributed by atoms with van der Waals surface area (Å²) in [4.78, 5) is 35.2. The van der Waals surface area contributed by atoms with Gasteiger partial charge in [0.2, 0.25) is 0 Å². The number of nitrogens with one attached hydrogen (secondary N) is 1. The van der Waals surface area contributed by atoms with Gasteiger partial charge in [-0.3, -0.25) is 14.9 Å². The Kier molecular flexibility index (Phi) is 7.16. The average Bonchev–Trinajstić information content (AvgIpc) is 2.64. The number of hydrogen-bond acceptors (Lipinski definition) is 6. The van der Waals surface area contributed by atoms with Crippen LogP contribution in [0.5, 0.6) is 0 Å². The van der Waals surface area contributed by atoms with E-state index in [-0.39, 0.29) is 16.8 Å². The Labute approximate surface area is 154 Å². The largest absolute Gasteiger partial charge is 0.452 e. The van der Waals surface area contributed by atoms with E-state index in [1.165, 1.54) is 25.1 Å². The van der Waals surface area contributed by atoms with Crippen molar-refractivity contribution in [3.8, 4) is 0 Å². The van der Waals surface area contributed by atoms with Crippen LogP contribution in [0.1, 0.15) is 15.9 Å². The minimum atomic E-state index is -0.764. The number of amides is 1. The number of carbonyl (C=O) groups is 2. The number of thioether (sulfide) groups is 1. The molecule has 0 unspecified atom stereocenters. The fourth-order valence-corrected chi connectivity index (χ4v) is 2.97. The molecule has 2 aromatic rings. The molecule has 8 heteroatoms. The van der Waals surface area contributed by atoms with Gasteiger partial charge >= 0.3 is 5.97 Å². The molecule has 0 spiro atoms. The summed E-state index contributed by atoms with van der Waals surface area (Å²) in [5.74, 6) is -0.497. The third-order valence-electron chi connectivity index (χ3n) is 3.49. The minimum Gasteiger partial charge on any atom is -0.452 e. The Bertz CT molecular complexity index is 795. The summed E-state index contributed by atoms with van der Waals surface area (Å²) >= 11 is 1.60. The lowest BCUT2D eigenvalue weighted by molar-refractivity contribution is -0.385. The minimum absolute atomic E-state index is 0.0756. The van der Waals surface area contributed by atoms with Gasteiger partial charge < -0.3 is 10.1 Å². The SMILES string of the molecule is Cc1c(C(=O)OCC(=O)NCCSc2ccccc2)cccc1[N+](=O)[O-]. The Morgan fingerprint density at radius 2 is 1.88 bits per heavy atom. The topological polar surface area (TPSA) is 98.5 Å². The Morgan fingerprint density at radius 3 is 2.58 bits per heavy atom. The van der Waals surface area contributed by atoms with E-state index in [4.69, 9.17) is 4.74 Å². The van der Waals surface area contributed by atoms with E-state index in [1.807, 2.05) is 30.3 Å². The lowest BCUT2D eigenvalue weighted by Gasteiger charge is -2.08. The first-order valence-corrected chi connectivity index (χ1v) is 8.83. The van der Waals surface area contributed by atoms with Crippen LogP contribution in [0.15, 0.2) is 53.4 Å². The lowest BCUT2D eigenvalue weighted by Crippen LogP contribution is -2.30. The van der Waals surface area contributed by atoms with Crippen LogP contribution >= 0.6 is 11.8 Å². The lowest BCUT2D eigenvalue weighted by atomic mass is 10.1. The summed E-state index contributed by atoms with van der Waals surface area (Å²) in [6.07, 6.45) is 0. The second-order valence-electron chi connectivity index (χ2n) is 5.29. The maximum atomic E-state index is 12.0. The molecular formula is C18H18N2O5S. The van der Waals surface area contributed by atoms with Crippen molar-refractivity contribution in [2.45, 2.75) is 11.8 Å². The highest BCUT2D eigenvalue weighted by molar-refractivity contribution is 7.99. The average molecular weight is 374 g/mol. The quantitative estimate of drug-likeness (QED) is 0.251. The van der Waals surface area contributed by atoms with Gasteiger partial charge in [0.25, 0.3) is 11.6 Å². The first-order valence-electron chi connectivity index (χ1n) is 7.84. The molecule has 0 aliphatic heterocycles. The van der Waals surface area contributed by atoms with Crippen molar-refractivity contribution in [2.24, 2.45) is 0 Å². The number of benzene rings is 2. The van der Waals surface area contributed by atoms with Crippen molar-refractivity contribution >= 4 is 29.3 Å². The predicted molar refractivity (Wildman–Crippen MR) is 98.3 cm³/mol. The summed E-state index contributed by atoms with van der Waals surface area (Å²) in [6, 6.07) is 13.9. The zero-order valence-corrected chi connectivity index (χ0v) is 15.0. The van der Waals surface area contributed by atoms with E-state index in [0.29, 0.717) is 12.3 Å². The smallest absolute Gasteiger partial charge is 0.339 e. The fourth-order valence-electron chi connectivity index (χ4n) is 2.18. The second kappa shape index (κ2) is 9.57. The summed E-state index contributed by atoms with van der Waals surface area (Å²) in [5.41, 5.74) is 0.121. The molecule has 0 bridgehead atoms.